The number of halogens is 3. The first-order chi connectivity index (χ1) is 9.47. The maximum absolute atomic E-state index is 12.8. The third-order valence-corrected chi connectivity index (χ3v) is 2.72. The first kappa shape index (κ1) is 14.5. The molecule has 1 aromatic heterocycles. The molecule has 0 radical (unpaired) electrons. The second-order valence-electron chi connectivity index (χ2n) is 4.32. The van der Waals surface area contributed by atoms with Crippen LogP contribution in [0.4, 0.5) is 13.2 Å². The van der Waals surface area contributed by atoms with Crippen molar-refractivity contribution in [3.8, 4) is 0 Å². The van der Waals surface area contributed by atoms with Crippen LogP contribution < -0.4 is 5.32 Å². The Labute approximate surface area is 114 Å². The Morgan fingerprint density at radius 2 is 2.00 bits per heavy atom. The van der Waals surface area contributed by atoms with Gasteiger partial charge in [0.2, 0.25) is 5.89 Å². The van der Waals surface area contributed by atoms with Gasteiger partial charge in [0.25, 0.3) is 0 Å². The van der Waals surface area contributed by atoms with E-state index in [0.717, 1.165) is 6.07 Å². The largest absolute Gasteiger partial charge is 0.416 e. The Morgan fingerprint density at radius 1 is 1.25 bits per heavy atom. The van der Waals surface area contributed by atoms with Crippen molar-refractivity contribution in [3.63, 3.8) is 0 Å². The van der Waals surface area contributed by atoms with E-state index >= 15 is 0 Å². The molecule has 0 aliphatic carbocycles. The van der Waals surface area contributed by atoms with Gasteiger partial charge in [-0.3, -0.25) is 0 Å². The quantitative estimate of drug-likeness (QED) is 0.858. The SMILES string of the molecule is Cc1noc(CCNCc2ccccc2C(F)(F)F)n1. The number of benzene rings is 1. The smallest absolute Gasteiger partial charge is 0.339 e. The highest BCUT2D eigenvalue weighted by Crippen LogP contribution is 2.31. The lowest BCUT2D eigenvalue weighted by molar-refractivity contribution is -0.138. The van der Waals surface area contributed by atoms with Crippen LogP contribution in [-0.4, -0.2) is 16.7 Å². The number of nitrogens with one attached hydrogen (secondary N) is 1. The molecule has 0 saturated heterocycles. The van der Waals surface area contributed by atoms with Gasteiger partial charge in [0.1, 0.15) is 0 Å². The average Bonchev–Trinajstić information content (AvgIpc) is 2.80. The Hall–Kier alpha value is -1.89. The molecule has 0 bridgehead atoms. The van der Waals surface area contributed by atoms with Crippen LogP contribution in [0.5, 0.6) is 0 Å². The minimum absolute atomic E-state index is 0.142. The highest BCUT2D eigenvalue weighted by atomic mass is 19.4. The molecule has 0 amide bonds. The van der Waals surface area contributed by atoms with E-state index < -0.39 is 11.7 Å². The van der Waals surface area contributed by atoms with Crippen molar-refractivity contribution in [2.24, 2.45) is 0 Å². The molecule has 0 aliphatic rings. The van der Waals surface area contributed by atoms with Crippen LogP contribution in [0.15, 0.2) is 28.8 Å². The van der Waals surface area contributed by atoms with Gasteiger partial charge in [0, 0.05) is 19.5 Å². The Kier molecular flexibility index (Phi) is 4.39. The minimum Gasteiger partial charge on any atom is -0.339 e. The molecule has 1 N–H and O–H groups in total. The van der Waals surface area contributed by atoms with Gasteiger partial charge in [-0.25, -0.2) is 0 Å². The summed E-state index contributed by atoms with van der Waals surface area (Å²) in [5.74, 6) is 1.02. The topological polar surface area (TPSA) is 51.0 Å². The molecule has 0 aliphatic heterocycles. The molecular weight excluding hydrogens is 271 g/mol. The Bertz CT molecular complexity index is 566. The van der Waals surface area contributed by atoms with Gasteiger partial charge in [-0.1, -0.05) is 23.4 Å². The number of aromatic nitrogens is 2. The summed E-state index contributed by atoms with van der Waals surface area (Å²) < 4.78 is 43.2. The molecule has 2 aromatic rings. The Morgan fingerprint density at radius 3 is 2.65 bits per heavy atom. The van der Waals surface area contributed by atoms with E-state index in [2.05, 4.69) is 15.5 Å². The number of aryl methyl sites for hydroxylation is 1. The fourth-order valence-corrected chi connectivity index (χ4v) is 1.81. The van der Waals surface area contributed by atoms with Crippen molar-refractivity contribution in [2.75, 3.05) is 6.54 Å². The predicted octanol–water partition coefficient (Wildman–Crippen LogP) is 2.73. The molecule has 2 rings (SSSR count). The second-order valence-corrected chi connectivity index (χ2v) is 4.32. The lowest BCUT2D eigenvalue weighted by atomic mass is 10.1. The van der Waals surface area contributed by atoms with Gasteiger partial charge in [0.15, 0.2) is 5.82 Å². The van der Waals surface area contributed by atoms with Gasteiger partial charge < -0.3 is 9.84 Å². The molecule has 1 aromatic carbocycles. The predicted molar refractivity (Wildman–Crippen MR) is 65.9 cm³/mol. The highest BCUT2D eigenvalue weighted by molar-refractivity contribution is 5.29. The van der Waals surface area contributed by atoms with Crippen molar-refractivity contribution in [1.82, 2.24) is 15.5 Å². The number of hydrogen-bond donors (Lipinski definition) is 1. The standard InChI is InChI=1S/C13H14F3N3O/c1-9-18-12(20-19-9)6-7-17-8-10-4-2-3-5-11(10)13(14,15)16/h2-5,17H,6-8H2,1H3. The lowest BCUT2D eigenvalue weighted by Crippen LogP contribution is -2.19. The first-order valence-corrected chi connectivity index (χ1v) is 6.12. The van der Waals surface area contributed by atoms with Crippen LogP contribution in [0.25, 0.3) is 0 Å². The number of rotatable bonds is 5. The maximum atomic E-state index is 12.8. The lowest BCUT2D eigenvalue weighted by Gasteiger charge is -2.12. The molecule has 0 fully saturated rings. The molecule has 1 heterocycles. The summed E-state index contributed by atoms with van der Waals surface area (Å²) in [5.41, 5.74) is -0.386. The zero-order valence-corrected chi connectivity index (χ0v) is 10.9. The van der Waals surface area contributed by atoms with Crippen LogP contribution in [0, 0.1) is 6.92 Å². The van der Waals surface area contributed by atoms with Crippen LogP contribution in [0.2, 0.25) is 0 Å². The van der Waals surface area contributed by atoms with E-state index in [1.54, 1.807) is 13.0 Å². The number of alkyl halides is 3. The van der Waals surface area contributed by atoms with E-state index in [0.29, 0.717) is 24.7 Å². The van der Waals surface area contributed by atoms with Crippen molar-refractivity contribution >= 4 is 0 Å². The van der Waals surface area contributed by atoms with Crippen molar-refractivity contribution < 1.29 is 17.7 Å². The molecule has 108 valence electrons. The summed E-state index contributed by atoms with van der Waals surface area (Å²) in [6.45, 7) is 2.32. The van der Waals surface area contributed by atoms with E-state index in [-0.39, 0.29) is 12.1 Å². The number of hydrogen-bond acceptors (Lipinski definition) is 4. The minimum atomic E-state index is -4.33. The van der Waals surface area contributed by atoms with Crippen LogP contribution in [-0.2, 0) is 19.1 Å². The zero-order valence-electron chi connectivity index (χ0n) is 10.9. The molecule has 0 atom stereocenters. The van der Waals surface area contributed by atoms with Crippen LogP contribution in [0.1, 0.15) is 22.8 Å². The molecule has 0 spiro atoms. The van der Waals surface area contributed by atoms with Gasteiger partial charge in [0.05, 0.1) is 5.56 Å². The first-order valence-electron chi connectivity index (χ1n) is 6.12. The van der Waals surface area contributed by atoms with Crippen molar-refractivity contribution in [2.45, 2.75) is 26.1 Å². The molecule has 0 saturated carbocycles. The van der Waals surface area contributed by atoms with Crippen molar-refractivity contribution in [1.29, 1.82) is 0 Å². The zero-order chi connectivity index (χ0) is 14.6. The fraction of sp³-hybridized carbons (Fsp3) is 0.385. The van der Waals surface area contributed by atoms with E-state index in [9.17, 15) is 13.2 Å². The van der Waals surface area contributed by atoms with E-state index in [4.69, 9.17) is 4.52 Å². The van der Waals surface area contributed by atoms with E-state index in [1.165, 1.54) is 12.1 Å². The normalized spacial score (nSPS) is 11.8. The fourth-order valence-electron chi connectivity index (χ4n) is 1.81. The van der Waals surface area contributed by atoms with Gasteiger partial charge in [-0.15, -0.1) is 0 Å². The third-order valence-electron chi connectivity index (χ3n) is 2.72. The van der Waals surface area contributed by atoms with Crippen LogP contribution in [0.3, 0.4) is 0 Å². The second kappa shape index (κ2) is 6.04. The van der Waals surface area contributed by atoms with Gasteiger partial charge >= 0.3 is 6.18 Å². The third kappa shape index (κ3) is 3.80. The van der Waals surface area contributed by atoms with Crippen LogP contribution >= 0.6 is 0 Å². The highest BCUT2D eigenvalue weighted by Gasteiger charge is 2.32. The van der Waals surface area contributed by atoms with Gasteiger partial charge in [-0.05, 0) is 18.6 Å². The van der Waals surface area contributed by atoms with E-state index in [1.807, 2.05) is 0 Å². The maximum Gasteiger partial charge on any atom is 0.416 e. The summed E-state index contributed by atoms with van der Waals surface area (Å²) in [6, 6.07) is 5.52. The summed E-state index contributed by atoms with van der Waals surface area (Å²) in [4.78, 5) is 4.01. The van der Waals surface area contributed by atoms with Crippen molar-refractivity contribution in [3.05, 3.63) is 47.1 Å². The molecular formula is C13H14F3N3O. The monoisotopic (exact) mass is 285 g/mol. The Balaban J connectivity index is 1.88. The summed E-state index contributed by atoms with van der Waals surface area (Å²) in [5, 5.41) is 6.58. The average molecular weight is 285 g/mol. The summed E-state index contributed by atoms with van der Waals surface area (Å²) >= 11 is 0. The molecule has 4 nitrogen and oxygen atoms in total. The molecule has 7 heteroatoms. The number of nitrogens with zero attached hydrogens (tertiary/aromatic N) is 2. The summed E-state index contributed by atoms with van der Waals surface area (Å²) in [6.07, 6.45) is -3.85. The molecule has 20 heavy (non-hydrogen) atoms. The van der Waals surface area contributed by atoms with Gasteiger partial charge in [-0.2, -0.15) is 18.2 Å². The molecule has 0 unspecified atom stereocenters. The summed E-state index contributed by atoms with van der Waals surface area (Å²) in [7, 11) is 0.